The van der Waals surface area contributed by atoms with Crippen LogP contribution >= 0.6 is 22.7 Å². The summed E-state index contributed by atoms with van der Waals surface area (Å²) < 4.78 is 19.7. The van der Waals surface area contributed by atoms with Crippen molar-refractivity contribution in [1.82, 2.24) is 25.4 Å². The van der Waals surface area contributed by atoms with Gasteiger partial charge >= 0.3 is 0 Å². The van der Waals surface area contributed by atoms with Crippen LogP contribution in [0, 0.1) is 12.7 Å². The van der Waals surface area contributed by atoms with Gasteiger partial charge in [0.15, 0.2) is 5.82 Å². The van der Waals surface area contributed by atoms with Crippen LogP contribution in [0.25, 0.3) is 32.2 Å². The molecule has 0 spiro atoms. The number of aliphatic hydroxyl groups is 1. The molecular formula is C18H18FN5O2S2. The minimum absolute atomic E-state index is 0.216. The van der Waals surface area contributed by atoms with E-state index in [1.807, 2.05) is 12.3 Å². The van der Waals surface area contributed by atoms with Crippen LogP contribution in [0.1, 0.15) is 24.5 Å². The summed E-state index contributed by atoms with van der Waals surface area (Å²) in [6, 6.07) is 3.18. The van der Waals surface area contributed by atoms with Crippen LogP contribution in [0.5, 0.6) is 0 Å². The number of benzene rings is 1. The first kappa shape index (κ1) is 19.1. The summed E-state index contributed by atoms with van der Waals surface area (Å²) in [5.74, 6) is -0.434. The van der Waals surface area contributed by atoms with Crippen LogP contribution in [0.4, 0.5) is 4.39 Å². The number of aryl methyl sites for hydroxylation is 1. The van der Waals surface area contributed by atoms with Crippen LogP contribution < -0.4 is 0 Å². The molecule has 0 unspecified atom stereocenters. The second kappa shape index (κ2) is 7.28. The quantitative estimate of drug-likeness (QED) is 0.491. The molecule has 3 heterocycles. The lowest BCUT2D eigenvalue weighted by Gasteiger charge is -2.16. The number of nitrogens with zero attached hydrogens (tertiary/aromatic N) is 4. The van der Waals surface area contributed by atoms with E-state index in [4.69, 9.17) is 4.74 Å². The number of H-pyrrole nitrogens is 1. The van der Waals surface area contributed by atoms with E-state index in [2.05, 4.69) is 25.4 Å². The second-order valence-corrected chi connectivity index (χ2v) is 8.96. The minimum Gasteiger partial charge on any atom is -0.388 e. The Kier molecular flexibility index (Phi) is 4.96. The molecule has 0 atom stereocenters. The third-order valence-corrected chi connectivity index (χ3v) is 6.02. The molecule has 10 heteroatoms. The summed E-state index contributed by atoms with van der Waals surface area (Å²) in [5, 5.41) is 23.4. The number of ether oxygens (including phenoxy) is 1. The fourth-order valence-corrected chi connectivity index (χ4v) is 4.64. The fourth-order valence-electron chi connectivity index (χ4n) is 2.67. The lowest BCUT2D eigenvalue weighted by atomic mass is 10.1. The Hall–Kier alpha value is -2.27. The molecule has 0 radical (unpaired) electrons. The van der Waals surface area contributed by atoms with Crippen molar-refractivity contribution >= 4 is 33.7 Å². The van der Waals surface area contributed by atoms with Crippen LogP contribution in [-0.2, 0) is 11.3 Å². The second-order valence-electron chi connectivity index (χ2n) is 7.01. The van der Waals surface area contributed by atoms with E-state index >= 15 is 0 Å². The standard InChI is InChI=1S/C18H18FN5O2S2/c1-9-16(28-14(20-9)6-26-8-18(2,3)25)17-21-13(7-27-17)10-4-11(19)15-12(5-10)22-24-23-15/h4-5,7,25H,6,8H2,1-3H3,(H,22,23,24). The van der Waals surface area contributed by atoms with Gasteiger partial charge < -0.3 is 9.84 Å². The SMILES string of the molecule is Cc1nc(COCC(C)(C)O)sc1-c1nc(-c2cc(F)c3n[nH]nc3c2)cs1. The number of rotatable bonds is 6. The van der Waals surface area contributed by atoms with Crippen molar-refractivity contribution in [3.8, 4) is 21.1 Å². The Labute approximate surface area is 168 Å². The van der Waals surface area contributed by atoms with Gasteiger partial charge in [-0.1, -0.05) is 0 Å². The van der Waals surface area contributed by atoms with E-state index in [9.17, 15) is 9.50 Å². The Morgan fingerprint density at radius 3 is 2.86 bits per heavy atom. The van der Waals surface area contributed by atoms with Crippen molar-refractivity contribution < 1.29 is 14.2 Å². The van der Waals surface area contributed by atoms with E-state index in [1.54, 1.807) is 19.9 Å². The highest BCUT2D eigenvalue weighted by Gasteiger charge is 2.17. The number of thiazole rings is 2. The number of halogens is 1. The Balaban J connectivity index is 1.57. The molecule has 28 heavy (non-hydrogen) atoms. The first-order valence-corrected chi connectivity index (χ1v) is 10.2. The first-order valence-electron chi connectivity index (χ1n) is 8.53. The summed E-state index contributed by atoms with van der Waals surface area (Å²) in [7, 11) is 0. The predicted molar refractivity (Wildman–Crippen MR) is 107 cm³/mol. The molecule has 146 valence electrons. The lowest BCUT2D eigenvalue weighted by molar-refractivity contribution is -0.0269. The smallest absolute Gasteiger partial charge is 0.153 e. The van der Waals surface area contributed by atoms with Gasteiger partial charge in [-0.3, -0.25) is 0 Å². The highest BCUT2D eigenvalue weighted by molar-refractivity contribution is 7.21. The molecule has 0 bridgehead atoms. The Bertz CT molecular complexity index is 1130. The maximum absolute atomic E-state index is 14.2. The van der Waals surface area contributed by atoms with Crippen molar-refractivity contribution in [2.75, 3.05) is 6.61 Å². The van der Waals surface area contributed by atoms with Crippen molar-refractivity contribution in [1.29, 1.82) is 0 Å². The number of hydrogen-bond acceptors (Lipinski definition) is 8. The third kappa shape index (κ3) is 3.95. The van der Waals surface area contributed by atoms with Gasteiger partial charge in [-0.15, -0.1) is 22.7 Å². The monoisotopic (exact) mass is 419 g/mol. The summed E-state index contributed by atoms with van der Waals surface area (Å²) in [6.07, 6.45) is 0. The van der Waals surface area contributed by atoms with Crippen LogP contribution in [0.2, 0.25) is 0 Å². The van der Waals surface area contributed by atoms with Gasteiger partial charge in [0.25, 0.3) is 0 Å². The summed E-state index contributed by atoms with van der Waals surface area (Å²) in [5.41, 5.74) is 2.00. The first-order chi connectivity index (χ1) is 13.3. The van der Waals surface area contributed by atoms with Crippen molar-refractivity contribution in [3.05, 3.63) is 34.0 Å². The number of fused-ring (bicyclic) bond motifs is 1. The van der Waals surface area contributed by atoms with E-state index in [0.29, 0.717) is 23.4 Å². The molecule has 1 aromatic carbocycles. The Morgan fingerprint density at radius 1 is 1.25 bits per heavy atom. The number of hydrogen-bond donors (Lipinski definition) is 2. The molecule has 3 aromatic heterocycles. The zero-order valence-electron chi connectivity index (χ0n) is 15.5. The molecule has 0 aliphatic rings. The molecule has 0 aliphatic carbocycles. The van der Waals surface area contributed by atoms with E-state index in [0.717, 1.165) is 20.6 Å². The molecule has 4 rings (SSSR count). The van der Waals surface area contributed by atoms with Crippen LogP contribution in [-0.4, -0.2) is 42.7 Å². The maximum Gasteiger partial charge on any atom is 0.153 e. The van der Waals surface area contributed by atoms with Crippen LogP contribution in [0.15, 0.2) is 17.5 Å². The lowest BCUT2D eigenvalue weighted by Crippen LogP contribution is -2.25. The third-order valence-electron chi connectivity index (χ3n) is 3.89. The number of nitrogens with one attached hydrogen (secondary N) is 1. The summed E-state index contributed by atoms with van der Waals surface area (Å²) in [4.78, 5) is 10.2. The zero-order valence-corrected chi connectivity index (χ0v) is 17.1. The molecule has 2 N–H and O–H groups in total. The minimum atomic E-state index is -0.875. The normalized spacial score (nSPS) is 12.2. The van der Waals surface area contributed by atoms with Gasteiger partial charge in [0.05, 0.1) is 35.1 Å². The molecule has 0 fully saturated rings. The van der Waals surface area contributed by atoms with Gasteiger partial charge in [0.2, 0.25) is 0 Å². The topological polar surface area (TPSA) is 96.8 Å². The van der Waals surface area contributed by atoms with Gasteiger partial charge in [-0.25, -0.2) is 14.4 Å². The fraction of sp³-hybridized carbons (Fsp3) is 0.333. The molecule has 0 saturated heterocycles. The van der Waals surface area contributed by atoms with Gasteiger partial charge in [-0.05, 0) is 32.9 Å². The van der Waals surface area contributed by atoms with Gasteiger partial charge in [-0.2, -0.15) is 15.4 Å². The number of aromatic amines is 1. The highest BCUT2D eigenvalue weighted by atomic mass is 32.1. The zero-order chi connectivity index (χ0) is 19.9. The maximum atomic E-state index is 14.2. The molecule has 0 aliphatic heterocycles. The summed E-state index contributed by atoms with van der Waals surface area (Å²) >= 11 is 2.99. The largest absolute Gasteiger partial charge is 0.388 e. The van der Waals surface area contributed by atoms with Crippen molar-refractivity contribution in [2.24, 2.45) is 0 Å². The van der Waals surface area contributed by atoms with Gasteiger partial charge in [0, 0.05) is 10.9 Å². The summed E-state index contributed by atoms with van der Waals surface area (Å²) in [6.45, 7) is 5.89. The van der Waals surface area contributed by atoms with Gasteiger partial charge in [0.1, 0.15) is 21.0 Å². The molecule has 0 amide bonds. The van der Waals surface area contributed by atoms with E-state index in [-0.39, 0.29) is 12.1 Å². The van der Waals surface area contributed by atoms with Crippen molar-refractivity contribution in [2.45, 2.75) is 33.0 Å². The molecule has 4 aromatic rings. The van der Waals surface area contributed by atoms with Crippen molar-refractivity contribution in [3.63, 3.8) is 0 Å². The van der Waals surface area contributed by atoms with Crippen LogP contribution in [0.3, 0.4) is 0 Å². The van der Waals surface area contributed by atoms with E-state index in [1.165, 1.54) is 28.7 Å². The average Bonchev–Trinajstić information content (AvgIpc) is 3.32. The molecular weight excluding hydrogens is 401 g/mol. The number of aromatic nitrogens is 5. The molecule has 7 nitrogen and oxygen atoms in total. The Morgan fingerprint density at radius 2 is 2.07 bits per heavy atom. The van der Waals surface area contributed by atoms with E-state index < -0.39 is 11.4 Å². The average molecular weight is 420 g/mol. The predicted octanol–water partition coefficient (Wildman–Crippen LogP) is 3.94. The molecule has 0 saturated carbocycles. The highest BCUT2D eigenvalue weighted by Crippen LogP contribution is 2.35.